The Balaban J connectivity index is 1.71. The second kappa shape index (κ2) is 5.76. The van der Waals surface area contributed by atoms with Crippen molar-refractivity contribution in [1.29, 1.82) is 0 Å². The summed E-state index contributed by atoms with van der Waals surface area (Å²) in [7, 11) is 0. The Morgan fingerprint density at radius 2 is 2.00 bits per heavy atom. The maximum Gasteiger partial charge on any atom is 0.264 e. The van der Waals surface area contributed by atoms with Gasteiger partial charge in [-0.3, -0.25) is 4.79 Å². The SMILES string of the molecule is Cc1sc(C(=O)N(CC2CCCCC2)C2CC2)cc1N. The van der Waals surface area contributed by atoms with Crippen molar-refractivity contribution in [3.05, 3.63) is 15.8 Å². The Morgan fingerprint density at radius 3 is 2.55 bits per heavy atom. The summed E-state index contributed by atoms with van der Waals surface area (Å²) in [6.45, 7) is 2.94. The fourth-order valence-corrected chi connectivity index (χ4v) is 4.07. The highest BCUT2D eigenvalue weighted by atomic mass is 32.1. The molecule has 2 aliphatic carbocycles. The molecular formula is C16H24N2OS. The number of nitrogen functional groups attached to an aromatic ring is 1. The third kappa shape index (κ3) is 3.00. The molecule has 1 heterocycles. The number of thiophene rings is 1. The van der Waals surface area contributed by atoms with E-state index in [0.717, 1.165) is 22.0 Å². The van der Waals surface area contributed by atoms with E-state index in [-0.39, 0.29) is 5.91 Å². The maximum atomic E-state index is 12.7. The molecule has 0 bridgehead atoms. The minimum atomic E-state index is 0.211. The number of carbonyl (C=O) groups excluding carboxylic acids is 1. The van der Waals surface area contributed by atoms with Crippen LogP contribution in [0.2, 0.25) is 0 Å². The van der Waals surface area contributed by atoms with Gasteiger partial charge in [0.15, 0.2) is 0 Å². The van der Waals surface area contributed by atoms with Gasteiger partial charge in [-0.15, -0.1) is 11.3 Å². The minimum Gasteiger partial charge on any atom is -0.398 e. The first-order chi connectivity index (χ1) is 9.65. The second-order valence-corrected chi connectivity index (χ2v) is 7.57. The largest absolute Gasteiger partial charge is 0.398 e. The van der Waals surface area contributed by atoms with Crippen molar-refractivity contribution in [3.8, 4) is 0 Å². The summed E-state index contributed by atoms with van der Waals surface area (Å²) in [6.07, 6.45) is 8.99. The lowest BCUT2D eigenvalue weighted by Crippen LogP contribution is -2.37. The van der Waals surface area contributed by atoms with E-state index in [1.54, 1.807) is 11.3 Å². The normalized spacial score (nSPS) is 20.1. The summed E-state index contributed by atoms with van der Waals surface area (Å²) in [5.41, 5.74) is 6.65. The molecule has 0 saturated heterocycles. The van der Waals surface area contributed by atoms with Crippen LogP contribution in [0.4, 0.5) is 5.69 Å². The lowest BCUT2D eigenvalue weighted by atomic mass is 9.89. The van der Waals surface area contributed by atoms with Crippen molar-refractivity contribution in [3.63, 3.8) is 0 Å². The van der Waals surface area contributed by atoms with Crippen molar-refractivity contribution in [2.24, 2.45) is 5.92 Å². The van der Waals surface area contributed by atoms with Crippen LogP contribution < -0.4 is 5.73 Å². The highest BCUT2D eigenvalue weighted by molar-refractivity contribution is 7.14. The molecule has 0 atom stereocenters. The van der Waals surface area contributed by atoms with Gasteiger partial charge in [0.2, 0.25) is 0 Å². The van der Waals surface area contributed by atoms with Crippen molar-refractivity contribution in [2.75, 3.05) is 12.3 Å². The van der Waals surface area contributed by atoms with E-state index in [9.17, 15) is 4.79 Å². The van der Waals surface area contributed by atoms with Crippen LogP contribution in [0.25, 0.3) is 0 Å². The summed E-state index contributed by atoms with van der Waals surface area (Å²) >= 11 is 1.54. The van der Waals surface area contributed by atoms with Crippen molar-refractivity contribution >= 4 is 22.9 Å². The van der Waals surface area contributed by atoms with E-state index in [1.165, 1.54) is 44.9 Å². The van der Waals surface area contributed by atoms with Gasteiger partial charge in [0.25, 0.3) is 5.91 Å². The second-order valence-electron chi connectivity index (χ2n) is 6.31. The van der Waals surface area contributed by atoms with Crippen LogP contribution in [0.3, 0.4) is 0 Å². The summed E-state index contributed by atoms with van der Waals surface area (Å²) in [5.74, 6) is 0.926. The molecule has 2 aliphatic rings. The first-order valence-electron chi connectivity index (χ1n) is 7.82. The maximum absolute atomic E-state index is 12.7. The smallest absolute Gasteiger partial charge is 0.264 e. The Morgan fingerprint density at radius 1 is 1.30 bits per heavy atom. The van der Waals surface area contributed by atoms with Gasteiger partial charge in [-0.05, 0) is 44.6 Å². The zero-order valence-electron chi connectivity index (χ0n) is 12.2. The van der Waals surface area contributed by atoms with Crippen molar-refractivity contribution in [2.45, 2.75) is 57.9 Å². The summed E-state index contributed by atoms with van der Waals surface area (Å²) < 4.78 is 0. The van der Waals surface area contributed by atoms with E-state index < -0.39 is 0 Å². The van der Waals surface area contributed by atoms with Gasteiger partial charge >= 0.3 is 0 Å². The molecule has 1 amide bonds. The van der Waals surface area contributed by atoms with Gasteiger partial charge in [-0.1, -0.05) is 19.3 Å². The quantitative estimate of drug-likeness (QED) is 0.917. The van der Waals surface area contributed by atoms with Crippen LogP contribution in [0.1, 0.15) is 59.5 Å². The molecule has 0 spiro atoms. The van der Waals surface area contributed by atoms with E-state index in [4.69, 9.17) is 5.73 Å². The molecule has 1 aromatic heterocycles. The molecule has 0 radical (unpaired) electrons. The van der Waals surface area contributed by atoms with Crippen LogP contribution in [-0.2, 0) is 0 Å². The fraction of sp³-hybridized carbons (Fsp3) is 0.688. The number of aryl methyl sites for hydroxylation is 1. The molecule has 110 valence electrons. The molecule has 4 heteroatoms. The Labute approximate surface area is 125 Å². The molecule has 2 N–H and O–H groups in total. The molecule has 1 aromatic rings. The summed E-state index contributed by atoms with van der Waals surface area (Å²) in [5, 5.41) is 0. The van der Waals surface area contributed by atoms with E-state index in [2.05, 4.69) is 4.90 Å². The first kappa shape index (κ1) is 13.9. The molecule has 3 nitrogen and oxygen atoms in total. The van der Waals surface area contributed by atoms with Crippen LogP contribution >= 0.6 is 11.3 Å². The minimum absolute atomic E-state index is 0.211. The molecule has 0 unspecified atom stereocenters. The van der Waals surface area contributed by atoms with Gasteiger partial charge in [0.1, 0.15) is 0 Å². The van der Waals surface area contributed by atoms with E-state index >= 15 is 0 Å². The highest BCUT2D eigenvalue weighted by Gasteiger charge is 2.35. The molecule has 0 aromatic carbocycles. The summed E-state index contributed by atoms with van der Waals surface area (Å²) in [6, 6.07) is 2.35. The van der Waals surface area contributed by atoms with E-state index in [1.807, 2.05) is 13.0 Å². The third-order valence-electron chi connectivity index (χ3n) is 4.60. The van der Waals surface area contributed by atoms with Crippen LogP contribution in [0, 0.1) is 12.8 Å². The Hall–Kier alpha value is -1.03. The Bertz CT molecular complexity index is 467. The third-order valence-corrected chi connectivity index (χ3v) is 5.65. The zero-order valence-corrected chi connectivity index (χ0v) is 13.0. The average Bonchev–Trinajstić information content (AvgIpc) is 3.23. The van der Waals surface area contributed by atoms with Crippen molar-refractivity contribution < 1.29 is 4.79 Å². The van der Waals surface area contributed by atoms with Gasteiger partial charge in [-0.25, -0.2) is 0 Å². The molecule has 2 saturated carbocycles. The first-order valence-corrected chi connectivity index (χ1v) is 8.63. The Kier molecular flexibility index (Phi) is 4.01. The van der Waals surface area contributed by atoms with Crippen LogP contribution in [0.5, 0.6) is 0 Å². The predicted octanol–water partition coefficient (Wildman–Crippen LogP) is 3.82. The molecule has 3 rings (SSSR count). The number of nitrogens with zero attached hydrogens (tertiary/aromatic N) is 1. The number of amides is 1. The number of nitrogens with two attached hydrogens (primary N) is 1. The highest BCUT2D eigenvalue weighted by Crippen LogP contribution is 2.34. The number of hydrogen-bond acceptors (Lipinski definition) is 3. The topological polar surface area (TPSA) is 46.3 Å². The van der Waals surface area contributed by atoms with Crippen LogP contribution in [0.15, 0.2) is 6.07 Å². The van der Waals surface area contributed by atoms with Gasteiger partial charge in [-0.2, -0.15) is 0 Å². The van der Waals surface area contributed by atoms with Gasteiger partial charge in [0.05, 0.1) is 4.88 Å². The molecule has 2 fully saturated rings. The number of hydrogen-bond donors (Lipinski definition) is 1. The standard InChI is InChI=1S/C16H24N2OS/c1-11-14(17)9-15(20-11)16(19)18(13-7-8-13)10-12-5-3-2-4-6-12/h9,12-13H,2-8,10,17H2,1H3. The van der Waals surface area contributed by atoms with Gasteiger partial charge in [0, 0.05) is 23.2 Å². The fourth-order valence-electron chi connectivity index (χ4n) is 3.18. The lowest BCUT2D eigenvalue weighted by molar-refractivity contribution is 0.0704. The lowest BCUT2D eigenvalue weighted by Gasteiger charge is -2.29. The zero-order chi connectivity index (χ0) is 14.1. The predicted molar refractivity (Wildman–Crippen MR) is 84.1 cm³/mol. The molecular weight excluding hydrogens is 268 g/mol. The average molecular weight is 292 g/mol. The number of rotatable bonds is 4. The summed E-state index contributed by atoms with van der Waals surface area (Å²) in [4.78, 5) is 16.8. The number of anilines is 1. The molecule has 0 aliphatic heterocycles. The monoisotopic (exact) mass is 292 g/mol. The van der Waals surface area contributed by atoms with Crippen LogP contribution in [-0.4, -0.2) is 23.4 Å². The molecule has 20 heavy (non-hydrogen) atoms. The van der Waals surface area contributed by atoms with Gasteiger partial charge < -0.3 is 10.6 Å². The van der Waals surface area contributed by atoms with E-state index in [0.29, 0.717) is 12.0 Å². The number of carbonyl (C=O) groups is 1. The van der Waals surface area contributed by atoms with Crippen molar-refractivity contribution in [1.82, 2.24) is 4.90 Å².